The lowest BCUT2D eigenvalue weighted by Gasteiger charge is -2.35. The van der Waals surface area contributed by atoms with Crippen LogP contribution in [0.25, 0.3) is 0 Å². The molecule has 1 aromatic rings. The highest BCUT2D eigenvalue weighted by atomic mass is 16.3. The molecule has 3 amide bonds. The number of hydrogen-bond acceptors (Lipinski definition) is 6. The van der Waals surface area contributed by atoms with E-state index in [0.29, 0.717) is 25.4 Å². The molecule has 2 fully saturated rings. The first-order chi connectivity index (χ1) is 15.4. The van der Waals surface area contributed by atoms with Gasteiger partial charge >= 0.3 is 0 Å². The number of piperidine rings is 1. The molecule has 2 aliphatic rings. The Morgan fingerprint density at radius 2 is 1.91 bits per heavy atom. The standard InChI is InChI=1S/C23H35N5O4/c24-11-1-4-19(25)21(30)27-20(13-15-5-9-18(29)10-6-15)22(31)26-14-16-7-8-17-3-2-12-28(17)23(16)32/h5-6,9-10,16-17,19-20,29H,1-4,7-8,11-14,24-25H2,(H,26,31)(H,27,30)/t16-,17-,19+,20+/m0/s1. The van der Waals surface area contributed by atoms with Gasteiger partial charge in [-0.25, -0.2) is 0 Å². The molecule has 0 unspecified atom stereocenters. The molecule has 0 bridgehead atoms. The average Bonchev–Trinajstić information content (AvgIpc) is 3.27. The van der Waals surface area contributed by atoms with Crippen LogP contribution in [0.3, 0.4) is 0 Å². The Balaban J connectivity index is 1.61. The van der Waals surface area contributed by atoms with Gasteiger partial charge < -0.3 is 32.1 Å². The number of phenolic OH excluding ortho intramolecular Hbond substituents is 1. The number of aromatic hydroxyl groups is 1. The van der Waals surface area contributed by atoms with E-state index >= 15 is 0 Å². The van der Waals surface area contributed by atoms with Gasteiger partial charge in [0.25, 0.3) is 0 Å². The summed E-state index contributed by atoms with van der Waals surface area (Å²) in [6, 6.07) is 5.24. The fraction of sp³-hybridized carbons (Fsp3) is 0.609. The smallest absolute Gasteiger partial charge is 0.242 e. The first kappa shape index (κ1) is 24.0. The second kappa shape index (κ2) is 11.3. The summed E-state index contributed by atoms with van der Waals surface area (Å²) in [6.45, 7) is 1.49. The van der Waals surface area contributed by atoms with Gasteiger partial charge in [0.1, 0.15) is 11.8 Å². The molecule has 0 aromatic heterocycles. The number of rotatable bonds is 10. The Kier molecular flexibility index (Phi) is 8.46. The summed E-state index contributed by atoms with van der Waals surface area (Å²) in [6.07, 6.45) is 5.13. The normalized spacial score (nSPS) is 22.2. The van der Waals surface area contributed by atoms with Crippen LogP contribution in [-0.2, 0) is 20.8 Å². The molecule has 4 atom stereocenters. The van der Waals surface area contributed by atoms with Gasteiger partial charge in [-0.1, -0.05) is 12.1 Å². The molecule has 7 N–H and O–H groups in total. The van der Waals surface area contributed by atoms with Crippen molar-refractivity contribution in [2.45, 2.75) is 63.1 Å². The highest BCUT2D eigenvalue weighted by Gasteiger charge is 2.38. The molecule has 9 nitrogen and oxygen atoms in total. The third kappa shape index (κ3) is 6.20. The van der Waals surface area contributed by atoms with E-state index in [1.54, 1.807) is 12.1 Å². The molecule has 0 aliphatic carbocycles. The van der Waals surface area contributed by atoms with Crippen molar-refractivity contribution in [1.29, 1.82) is 0 Å². The maximum absolute atomic E-state index is 13.0. The molecule has 2 saturated heterocycles. The van der Waals surface area contributed by atoms with Crippen molar-refractivity contribution in [3.8, 4) is 5.75 Å². The van der Waals surface area contributed by atoms with Gasteiger partial charge in [-0.05, 0) is 62.8 Å². The van der Waals surface area contributed by atoms with Crippen LogP contribution in [0.2, 0.25) is 0 Å². The topological polar surface area (TPSA) is 151 Å². The fourth-order valence-electron chi connectivity index (χ4n) is 4.54. The van der Waals surface area contributed by atoms with Gasteiger partial charge in [0.2, 0.25) is 17.7 Å². The minimum atomic E-state index is -0.839. The molecule has 2 heterocycles. The molecule has 0 spiro atoms. The third-order valence-corrected chi connectivity index (χ3v) is 6.45. The van der Waals surface area contributed by atoms with Gasteiger partial charge in [0.05, 0.1) is 12.0 Å². The van der Waals surface area contributed by atoms with Crippen LogP contribution in [0, 0.1) is 5.92 Å². The second-order valence-corrected chi connectivity index (χ2v) is 8.82. The van der Waals surface area contributed by atoms with Gasteiger partial charge in [-0.15, -0.1) is 0 Å². The van der Waals surface area contributed by atoms with Crippen LogP contribution >= 0.6 is 0 Å². The summed E-state index contributed by atoms with van der Waals surface area (Å²) < 4.78 is 0. The molecule has 9 heteroatoms. The number of carbonyl (C=O) groups excluding carboxylic acids is 3. The zero-order valence-electron chi connectivity index (χ0n) is 18.5. The number of hydrogen-bond donors (Lipinski definition) is 5. The number of fused-ring (bicyclic) bond motifs is 1. The van der Waals surface area contributed by atoms with Crippen molar-refractivity contribution in [1.82, 2.24) is 15.5 Å². The summed E-state index contributed by atoms with van der Waals surface area (Å²) in [7, 11) is 0. The van der Waals surface area contributed by atoms with E-state index in [1.807, 2.05) is 4.90 Å². The number of nitrogens with zero attached hydrogens (tertiary/aromatic N) is 1. The highest BCUT2D eigenvalue weighted by Crippen LogP contribution is 2.30. The monoisotopic (exact) mass is 445 g/mol. The van der Waals surface area contributed by atoms with Crippen molar-refractivity contribution >= 4 is 17.7 Å². The SMILES string of the molecule is NCCC[C@@H](N)C(=O)N[C@H](Cc1ccc(O)cc1)C(=O)NC[C@@H]1CC[C@@H]2CCCN2C1=O. The molecule has 0 saturated carbocycles. The van der Waals surface area contributed by atoms with Gasteiger partial charge in [-0.2, -0.15) is 0 Å². The minimum absolute atomic E-state index is 0.113. The van der Waals surface area contributed by atoms with Gasteiger partial charge in [0.15, 0.2) is 0 Å². The van der Waals surface area contributed by atoms with Gasteiger partial charge in [-0.3, -0.25) is 14.4 Å². The predicted octanol–water partition coefficient (Wildman–Crippen LogP) is 0.00290. The Morgan fingerprint density at radius 1 is 1.16 bits per heavy atom. The Morgan fingerprint density at radius 3 is 2.62 bits per heavy atom. The quantitative estimate of drug-likeness (QED) is 0.342. The molecular weight excluding hydrogens is 410 g/mol. The Bertz CT molecular complexity index is 800. The van der Waals surface area contributed by atoms with Crippen LogP contribution < -0.4 is 22.1 Å². The van der Waals surface area contributed by atoms with E-state index in [2.05, 4.69) is 10.6 Å². The lowest BCUT2D eigenvalue weighted by atomic mass is 9.92. The van der Waals surface area contributed by atoms with E-state index in [1.165, 1.54) is 12.1 Å². The Hall–Kier alpha value is -2.65. The predicted molar refractivity (Wildman–Crippen MR) is 120 cm³/mol. The van der Waals surface area contributed by atoms with Crippen LogP contribution in [-0.4, -0.2) is 65.5 Å². The fourth-order valence-corrected chi connectivity index (χ4v) is 4.54. The molecule has 0 radical (unpaired) electrons. The minimum Gasteiger partial charge on any atom is -0.508 e. The largest absolute Gasteiger partial charge is 0.508 e. The third-order valence-electron chi connectivity index (χ3n) is 6.45. The number of amides is 3. The summed E-state index contributed by atoms with van der Waals surface area (Å²) in [5.41, 5.74) is 12.2. The van der Waals surface area contributed by atoms with Gasteiger partial charge in [0, 0.05) is 25.6 Å². The summed E-state index contributed by atoms with van der Waals surface area (Å²) >= 11 is 0. The molecular formula is C23H35N5O4. The number of nitrogens with one attached hydrogen (secondary N) is 2. The van der Waals surface area contributed by atoms with Crippen molar-refractivity contribution in [3.63, 3.8) is 0 Å². The van der Waals surface area contributed by atoms with Crippen molar-refractivity contribution in [2.75, 3.05) is 19.6 Å². The van der Waals surface area contributed by atoms with E-state index in [0.717, 1.165) is 37.8 Å². The second-order valence-electron chi connectivity index (χ2n) is 8.82. The zero-order chi connectivity index (χ0) is 23.1. The lowest BCUT2D eigenvalue weighted by Crippen LogP contribution is -2.54. The summed E-state index contributed by atoms with van der Waals surface area (Å²) in [5, 5.41) is 15.1. The molecule has 2 aliphatic heterocycles. The number of benzene rings is 1. The van der Waals surface area contributed by atoms with E-state index in [4.69, 9.17) is 11.5 Å². The molecule has 32 heavy (non-hydrogen) atoms. The number of phenols is 1. The first-order valence-electron chi connectivity index (χ1n) is 11.5. The van der Waals surface area contributed by atoms with Crippen LogP contribution in [0.1, 0.15) is 44.1 Å². The average molecular weight is 446 g/mol. The lowest BCUT2D eigenvalue weighted by molar-refractivity contribution is -0.140. The number of carbonyl (C=O) groups is 3. The maximum Gasteiger partial charge on any atom is 0.242 e. The summed E-state index contributed by atoms with van der Waals surface area (Å²) in [4.78, 5) is 40.2. The van der Waals surface area contributed by atoms with E-state index < -0.39 is 18.0 Å². The van der Waals surface area contributed by atoms with Crippen molar-refractivity contribution in [2.24, 2.45) is 17.4 Å². The van der Waals surface area contributed by atoms with E-state index in [-0.39, 0.29) is 36.4 Å². The zero-order valence-corrected chi connectivity index (χ0v) is 18.5. The van der Waals surface area contributed by atoms with Crippen LogP contribution in [0.15, 0.2) is 24.3 Å². The van der Waals surface area contributed by atoms with Crippen molar-refractivity contribution in [3.05, 3.63) is 29.8 Å². The molecule has 3 rings (SSSR count). The van der Waals surface area contributed by atoms with Crippen molar-refractivity contribution < 1.29 is 19.5 Å². The van der Waals surface area contributed by atoms with Crippen LogP contribution in [0.5, 0.6) is 5.75 Å². The maximum atomic E-state index is 13.0. The molecule has 1 aromatic carbocycles. The van der Waals surface area contributed by atoms with Crippen LogP contribution in [0.4, 0.5) is 0 Å². The van der Waals surface area contributed by atoms with E-state index in [9.17, 15) is 19.5 Å². The summed E-state index contributed by atoms with van der Waals surface area (Å²) in [5.74, 6) is -0.759. The molecule has 176 valence electrons. The number of nitrogens with two attached hydrogens (primary N) is 2. The highest BCUT2D eigenvalue weighted by molar-refractivity contribution is 5.90. The Labute approximate surface area is 188 Å². The first-order valence-corrected chi connectivity index (χ1v) is 11.5.